The van der Waals surface area contributed by atoms with Crippen LogP contribution in [-0.4, -0.2) is 57.7 Å². The van der Waals surface area contributed by atoms with Crippen LogP contribution in [0, 0.1) is 17.8 Å². The van der Waals surface area contributed by atoms with Crippen LogP contribution in [0.2, 0.25) is 5.02 Å². The molecule has 3 aromatic rings. The van der Waals surface area contributed by atoms with E-state index in [1.54, 1.807) is 6.07 Å². The van der Waals surface area contributed by atoms with Gasteiger partial charge in [-0.3, -0.25) is 0 Å². The standard InChI is InChI=1S/C25H24ClN3O4/c26-17-11-18-24(29-25(27-18)33-20-13-32-22-19(30)12-31-23(20)22)28-21(17)16-9-7-15(8-10-16)6-5-14-3-1-2-4-14/h7-11,14,19-20,22-23,30H,1-4,12-13H2,(H,27,28,29)/t19?,20?,22-,23-/m1/s1. The highest BCUT2D eigenvalue weighted by molar-refractivity contribution is 6.33. The lowest BCUT2D eigenvalue weighted by atomic mass is 10.1. The Bertz CT molecular complexity index is 1230. The number of ether oxygens (including phenoxy) is 3. The van der Waals surface area contributed by atoms with Crippen LogP contribution in [0.3, 0.4) is 0 Å². The lowest BCUT2D eigenvalue weighted by Crippen LogP contribution is -2.34. The highest BCUT2D eigenvalue weighted by Crippen LogP contribution is 2.32. The Kier molecular flexibility index (Phi) is 5.47. The van der Waals surface area contributed by atoms with Crippen LogP contribution in [0.15, 0.2) is 30.3 Å². The van der Waals surface area contributed by atoms with Gasteiger partial charge in [0.05, 0.1) is 29.4 Å². The maximum absolute atomic E-state index is 9.90. The summed E-state index contributed by atoms with van der Waals surface area (Å²) in [5.74, 6) is 7.22. The molecule has 1 saturated carbocycles. The van der Waals surface area contributed by atoms with Gasteiger partial charge in [0.25, 0.3) is 6.01 Å². The number of aromatic amines is 1. The number of hydrogen-bond donors (Lipinski definition) is 2. The van der Waals surface area contributed by atoms with Crippen LogP contribution in [0.4, 0.5) is 0 Å². The molecule has 0 radical (unpaired) electrons. The molecule has 3 aliphatic rings. The number of halogens is 1. The van der Waals surface area contributed by atoms with Crippen LogP contribution in [-0.2, 0) is 9.47 Å². The predicted octanol–water partition coefficient (Wildman–Crippen LogP) is 3.73. The van der Waals surface area contributed by atoms with E-state index < -0.39 is 6.10 Å². The van der Waals surface area contributed by atoms with Gasteiger partial charge in [0.15, 0.2) is 11.8 Å². The van der Waals surface area contributed by atoms with Crippen molar-refractivity contribution in [2.75, 3.05) is 13.2 Å². The van der Waals surface area contributed by atoms with E-state index in [1.165, 1.54) is 25.7 Å². The van der Waals surface area contributed by atoms with E-state index in [0.29, 0.717) is 40.4 Å². The molecule has 2 aliphatic heterocycles. The number of benzene rings is 1. The number of H-pyrrole nitrogens is 1. The number of rotatable bonds is 3. The van der Waals surface area contributed by atoms with Gasteiger partial charge in [-0.25, -0.2) is 4.98 Å². The SMILES string of the molecule is OC1CO[C@@H]2C(Oc3nc4nc(-c5ccc(C#CC6CCCC6)cc5)c(Cl)cc4[nH]3)CO[C@H]12. The summed E-state index contributed by atoms with van der Waals surface area (Å²) >= 11 is 6.55. The first-order valence-corrected chi connectivity index (χ1v) is 11.8. The smallest absolute Gasteiger partial charge is 0.296 e. The summed E-state index contributed by atoms with van der Waals surface area (Å²) in [7, 11) is 0. The molecule has 6 rings (SSSR count). The van der Waals surface area contributed by atoms with Crippen molar-refractivity contribution < 1.29 is 19.3 Å². The minimum atomic E-state index is -0.623. The molecule has 7 nitrogen and oxygen atoms in total. The van der Waals surface area contributed by atoms with Gasteiger partial charge in [0.2, 0.25) is 0 Å². The van der Waals surface area contributed by atoms with Gasteiger partial charge in [0, 0.05) is 17.0 Å². The average molecular weight is 466 g/mol. The van der Waals surface area contributed by atoms with Crippen molar-refractivity contribution in [1.82, 2.24) is 15.0 Å². The third-order valence-electron chi connectivity index (χ3n) is 6.58. The summed E-state index contributed by atoms with van der Waals surface area (Å²) in [5, 5.41) is 10.4. The molecule has 2 saturated heterocycles. The Labute approximate surface area is 196 Å². The summed E-state index contributed by atoms with van der Waals surface area (Å²) in [6, 6.07) is 10.1. The van der Waals surface area contributed by atoms with Crippen molar-refractivity contribution in [3.63, 3.8) is 0 Å². The third-order valence-corrected chi connectivity index (χ3v) is 6.87. The van der Waals surface area contributed by atoms with E-state index in [9.17, 15) is 5.11 Å². The minimum absolute atomic E-state index is 0.251. The molecule has 4 heterocycles. The zero-order chi connectivity index (χ0) is 22.4. The van der Waals surface area contributed by atoms with Crippen LogP contribution >= 0.6 is 11.6 Å². The molecule has 2 aromatic heterocycles. The minimum Gasteiger partial charge on any atom is -0.456 e. The maximum atomic E-state index is 9.90. The van der Waals surface area contributed by atoms with Crippen LogP contribution in [0.25, 0.3) is 22.4 Å². The van der Waals surface area contributed by atoms with Gasteiger partial charge in [-0.15, -0.1) is 0 Å². The Morgan fingerprint density at radius 3 is 2.67 bits per heavy atom. The summed E-state index contributed by atoms with van der Waals surface area (Å²) in [6.45, 7) is 0.583. The molecule has 2 unspecified atom stereocenters. The number of nitrogens with one attached hydrogen (secondary N) is 1. The molecular formula is C25H24ClN3O4. The number of nitrogens with zero attached hydrogens (tertiary/aromatic N) is 2. The number of fused-ring (bicyclic) bond motifs is 2. The number of aromatic nitrogens is 3. The number of pyridine rings is 1. The van der Waals surface area contributed by atoms with Gasteiger partial charge in [-0.05, 0) is 31.0 Å². The zero-order valence-corrected chi connectivity index (χ0v) is 18.7. The van der Waals surface area contributed by atoms with E-state index in [-0.39, 0.29) is 24.9 Å². The molecule has 4 atom stereocenters. The Hall–Kier alpha value is -2.63. The number of aliphatic hydroxyl groups excluding tert-OH is 1. The number of aliphatic hydroxyl groups is 1. The molecule has 33 heavy (non-hydrogen) atoms. The molecule has 8 heteroatoms. The van der Waals surface area contributed by atoms with E-state index in [4.69, 9.17) is 25.8 Å². The fraction of sp³-hybridized carbons (Fsp3) is 0.440. The molecule has 1 aliphatic carbocycles. The molecule has 3 fully saturated rings. The normalized spacial score (nSPS) is 27.0. The molecule has 170 valence electrons. The van der Waals surface area contributed by atoms with Crippen LogP contribution in [0.5, 0.6) is 6.01 Å². The van der Waals surface area contributed by atoms with Gasteiger partial charge in [-0.2, -0.15) is 4.98 Å². The second-order valence-corrected chi connectivity index (χ2v) is 9.29. The van der Waals surface area contributed by atoms with Gasteiger partial charge < -0.3 is 24.3 Å². The highest BCUT2D eigenvalue weighted by atomic mass is 35.5. The monoisotopic (exact) mass is 465 g/mol. The van der Waals surface area contributed by atoms with Crippen molar-refractivity contribution in [2.45, 2.75) is 50.1 Å². The molecular weight excluding hydrogens is 442 g/mol. The second-order valence-electron chi connectivity index (χ2n) is 8.88. The van der Waals surface area contributed by atoms with Crippen molar-refractivity contribution in [1.29, 1.82) is 0 Å². The lowest BCUT2D eigenvalue weighted by Gasteiger charge is -2.15. The topological polar surface area (TPSA) is 89.5 Å². The maximum Gasteiger partial charge on any atom is 0.296 e. The van der Waals surface area contributed by atoms with Crippen molar-refractivity contribution in [3.05, 3.63) is 40.9 Å². The Balaban J connectivity index is 1.21. The first kappa shape index (κ1) is 20.9. The molecule has 1 aromatic carbocycles. The fourth-order valence-corrected chi connectivity index (χ4v) is 5.07. The van der Waals surface area contributed by atoms with Crippen LogP contribution < -0.4 is 4.74 Å². The number of hydrogen-bond acceptors (Lipinski definition) is 6. The first-order valence-electron chi connectivity index (χ1n) is 11.4. The van der Waals surface area contributed by atoms with Crippen molar-refractivity contribution >= 4 is 22.8 Å². The quantitative estimate of drug-likeness (QED) is 0.573. The van der Waals surface area contributed by atoms with E-state index in [0.717, 1.165) is 11.1 Å². The Morgan fingerprint density at radius 2 is 1.85 bits per heavy atom. The van der Waals surface area contributed by atoms with Crippen LogP contribution in [0.1, 0.15) is 31.2 Å². The Morgan fingerprint density at radius 1 is 1.06 bits per heavy atom. The second kappa shape index (κ2) is 8.62. The van der Waals surface area contributed by atoms with Gasteiger partial charge in [-0.1, -0.05) is 48.4 Å². The van der Waals surface area contributed by atoms with Crippen molar-refractivity contribution in [3.8, 4) is 29.1 Å². The average Bonchev–Trinajstić information content (AvgIpc) is 3.60. The fourth-order valence-electron chi connectivity index (χ4n) is 4.81. The van der Waals surface area contributed by atoms with E-state index >= 15 is 0 Å². The predicted molar refractivity (Wildman–Crippen MR) is 123 cm³/mol. The molecule has 0 bridgehead atoms. The summed E-state index contributed by atoms with van der Waals surface area (Å²) in [4.78, 5) is 12.3. The summed E-state index contributed by atoms with van der Waals surface area (Å²) < 4.78 is 17.2. The lowest BCUT2D eigenvalue weighted by molar-refractivity contribution is 0.00706. The van der Waals surface area contributed by atoms with E-state index in [1.807, 2.05) is 24.3 Å². The third kappa shape index (κ3) is 4.09. The van der Waals surface area contributed by atoms with Gasteiger partial charge >= 0.3 is 0 Å². The van der Waals surface area contributed by atoms with E-state index in [2.05, 4.69) is 26.8 Å². The zero-order valence-electron chi connectivity index (χ0n) is 18.0. The first-order chi connectivity index (χ1) is 16.1. The molecule has 0 amide bonds. The van der Waals surface area contributed by atoms with Crippen molar-refractivity contribution in [2.24, 2.45) is 5.92 Å². The molecule has 2 N–H and O–H groups in total. The summed E-state index contributed by atoms with van der Waals surface area (Å²) in [5.41, 5.74) is 3.75. The highest BCUT2D eigenvalue weighted by Gasteiger charge is 2.48. The summed E-state index contributed by atoms with van der Waals surface area (Å²) in [6.07, 6.45) is 3.37. The molecule has 0 spiro atoms. The largest absolute Gasteiger partial charge is 0.456 e. The number of imidazole rings is 1. The van der Waals surface area contributed by atoms with Gasteiger partial charge in [0.1, 0.15) is 18.3 Å².